The maximum Gasteiger partial charge on any atom is 0.306 e. The first-order valence-electron chi connectivity index (χ1n) is 31.6. The molecule has 0 fully saturated rings. The molecule has 0 amide bonds. The van der Waals surface area contributed by atoms with Crippen molar-refractivity contribution >= 4 is 17.9 Å². The Hall–Kier alpha value is -6.01. The molecule has 0 aromatic carbocycles. The van der Waals surface area contributed by atoms with Crippen molar-refractivity contribution in [3.05, 3.63) is 207 Å². The molecule has 0 aliphatic carbocycles. The minimum Gasteiger partial charge on any atom is -0.462 e. The second kappa shape index (κ2) is 66.5. The number of esters is 3. The van der Waals surface area contributed by atoms with Crippen LogP contribution in [0.3, 0.4) is 0 Å². The number of allylic oxidation sites excluding steroid dienone is 34. The summed E-state index contributed by atoms with van der Waals surface area (Å²) in [4.78, 5) is 38.3. The zero-order valence-electron chi connectivity index (χ0n) is 51.2. The number of carbonyl (C=O) groups is 3. The third kappa shape index (κ3) is 64.7. The molecule has 6 nitrogen and oxygen atoms in total. The molecule has 0 saturated heterocycles. The Balaban J connectivity index is 4.58. The van der Waals surface area contributed by atoms with E-state index in [1.165, 1.54) is 6.42 Å². The zero-order chi connectivity index (χ0) is 58.5. The topological polar surface area (TPSA) is 78.9 Å². The number of ether oxygens (including phenoxy) is 3. The first-order valence-corrected chi connectivity index (χ1v) is 31.6. The van der Waals surface area contributed by atoms with Gasteiger partial charge in [0.1, 0.15) is 13.2 Å². The van der Waals surface area contributed by atoms with Crippen LogP contribution in [-0.2, 0) is 28.6 Å². The van der Waals surface area contributed by atoms with Crippen LogP contribution < -0.4 is 0 Å². The van der Waals surface area contributed by atoms with Gasteiger partial charge in [-0.1, -0.05) is 253 Å². The average molecular weight is 1110 g/mol. The van der Waals surface area contributed by atoms with E-state index in [2.05, 4.69) is 227 Å². The molecule has 0 aromatic heterocycles. The summed E-state index contributed by atoms with van der Waals surface area (Å²) in [5.41, 5.74) is 0. The second-order valence-corrected chi connectivity index (χ2v) is 19.8. The minimum absolute atomic E-state index is 0.135. The number of carbonyl (C=O) groups excluding carboxylic acids is 3. The molecule has 0 spiro atoms. The van der Waals surface area contributed by atoms with E-state index < -0.39 is 12.1 Å². The Morgan fingerprint density at radius 3 is 0.815 bits per heavy atom. The van der Waals surface area contributed by atoms with Gasteiger partial charge in [0, 0.05) is 19.3 Å². The molecular weight excluding hydrogens is 997 g/mol. The summed E-state index contributed by atoms with van der Waals surface area (Å²) in [6, 6.07) is 0. The molecule has 448 valence electrons. The molecule has 0 aromatic rings. The highest BCUT2D eigenvalue weighted by atomic mass is 16.6. The molecule has 0 rings (SSSR count). The first-order chi connectivity index (χ1) is 40.0. The number of hydrogen-bond donors (Lipinski definition) is 0. The lowest BCUT2D eigenvalue weighted by Gasteiger charge is -2.18. The molecule has 0 heterocycles. The van der Waals surface area contributed by atoms with Crippen molar-refractivity contribution in [1.29, 1.82) is 0 Å². The summed E-state index contributed by atoms with van der Waals surface area (Å²) in [5, 5.41) is 0. The van der Waals surface area contributed by atoms with Crippen molar-refractivity contribution in [2.24, 2.45) is 0 Å². The van der Waals surface area contributed by atoms with Crippen molar-refractivity contribution in [3.8, 4) is 0 Å². The normalized spacial score (nSPS) is 13.6. The van der Waals surface area contributed by atoms with Gasteiger partial charge in [0.25, 0.3) is 0 Å². The standard InChI is InChI=1S/C75H112O6/c1-4-7-10-13-16-19-22-25-27-29-31-33-35-36-37-38-40-41-43-45-47-50-53-56-59-62-65-68-74(77)80-71-72(70-79-73(76)67-64-61-58-55-52-49-24-21-18-15-12-9-6-3)81-75(78)69-66-63-60-57-54-51-48-46-44-42-39-34-32-30-28-26-23-20-17-14-11-8-5-2/h7-8,10-12,15-17,19-21,24-28,31-34,36-37,40-42,44-45,47-48,51,53,56-57,60,72H,4-6,9,13-14,18,22-23,29-30,35,38-39,43,46,49-50,52,54-55,58-59,61-71H2,1-3H3/b10-7-,11-8-,15-12-,19-16-,20-17-,24-21-,27-25-,28-26-,33-31-,34-32-,37-36-,41-40-,44-42-,47-45-,51-48-,56-53-,60-57-. The maximum atomic E-state index is 12.9. The molecule has 0 N–H and O–H groups in total. The molecule has 0 radical (unpaired) electrons. The Kier molecular flexibility index (Phi) is 61.6. The van der Waals surface area contributed by atoms with Gasteiger partial charge in [0.05, 0.1) is 0 Å². The highest BCUT2D eigenvalue weighted by Gasteiger charge is 2.19. The van der Waals surface area contributed by atoms with Crippen molar-refractivity contribution in [2.45, 2.75) is 232 Å². The molecule has 6 heteroatoms. The van der Waals surface area contributed by atoms with E-state index in [1.54, 1.807) is 0 Å². The number of unbranched alkanes of at least 4 members (excludes halogenated alkanes) is 9. The van der Waals surface area contributed by atoms with Gasteiger partial charge in [-0.3, -0.25) is 14.4 Å². The van der Waals surface area contributed by atoms with Crippen LogP contribution in [0, 0.1) is 0 Å². The van der Waals surface area contributed by atoms with E-state index in [4.69, 9.17) is 14.2 Å². The van der Waals surface area contributed by atoms with Crippen LogP contribution in [0.15, 0.2) is 207 Å². The smallest absolute Gasteiger partial charge is 0.306 e. The average Bonchev–Trinajstić information content (AvgIpc) is 3.46. The summed E-state index contributed by atoms with van der Waals surface area (Å²) < 4.78 is 16.8. The van der Waals surface area contributed by atoms with Crippen molar-refractivity contribution < 1.29 is 28.6 Å². The summed E-state index contributed by atoms with van der Waals surface area (Å²) >= 11 is 0. The fourth-order valence-electron chi connectivity index (χ4n) is 7.60. The van der Waals surface area contributed by atoms with Gasteiger partial charge in [-0.25, -0.2) is 0 Å². The quantitative estimate of drug-likeness (QED) is 0.0261. The third-order valence-corrected chi connectivity index (χ3v) is 12.2. The predicted molar refractivity (Wildman–Crippen MR) is 352 cm³/mol. The van der Waals surface area contributed by atoms with E-state index in [1.807, 2.05) is 0 Å². The van der Waals surface area contributed by atoms with Crippen molar-refractivity contribution in [2.75, 3.05) is 13.2 Å². The van der Waals surface area contributed by atoms with E-state index >= 15 is 0 Å². The molecule has 0 aliphatic heterocycles. The molecular formula is C75H112O6. The van der Waals surface area contributed by atoms with Gasteiger partial charge in [0.2, 0.25) is 0 Å². The van der Waals surface area contributed by atoms with Crippen LogP contribution in [0.1, 0.15) is 226 Å². The molecule has 0 bridgehead atoms. The van der Waals surface area contributed by atoms with Gasteiger partial charge in [-0.05, 0) is 161 Å². The molecule has 81 heavy (non-hydrogen) atoms. The lowest BCUT2D eigenvalue weighted by Crippen LogP contribution is -2.30. The number of rotatable bonds is 54. The second-order valence-electron chi connectivity index (χ2n) is 19.8. The van der Waals surface area contributed by atoms with E-state index in [-0.39, 0.29) is 38.0 Å². The van der Waals surface area contributed by atoms with Crippen LogP contribution in [0.5, 0.6) is 0 Å². The summed E-state index contributed by atoms with van der Waals surface area (Å²) in [6.45, 7) is 6.23. The van der Waals surface area contributed by atoms with Gasteiger partial charge in [-0.2, -0.15) is 0 Å². The Morgan fingerprint density at radius 1 is 0.259 bits per heavy atom. The summed E-state index contributed by atoms with van der Waals surface area (Å²) in [5.74, 6) is -1.07. The predicted octanol–water partition coefficient (Wildman–Crippen LogP) is 22.0. The minimum atomic E-state index is -0.848. The van der Waals surface area contributed by atoms with E-state index in [0.29, 0.717) is 19.3 Å². The van der Waals surface area contributed by atoms with Crippen molar-refractivity contribution in [3.63, 3.8) is 0 Å². The van der Waals surface area contributed by atoms with Crippen LogP contribution in [0.25, 0.3) is 0 Å². The SMILES string of the molecule is CC/C=C\C/C=C\C/C=C\C/C=C\C/C=C\C/C=C\C/C=C\C/C=C\CCCCC(=O)OCC(COC(=O)CCCCCCC/C=C\C/C=C\CCC)OC(=O)CCC/C=C\C/C=C\C/C=C\C/C=C\C/C=C\C/C=C\C/C=C\CC. The van der Waals surface area contributed by atoms with Crippen LogP contribution in [0.2, 0.25) is 0 Å². The Morgan fingerprint density at radius 2 is 0.494 bits per heavy atom. The summed E-state index contributed by atoms with van der Waals surface area (Å²) in [6.07, 6.45) is 103. The highest BCUT2D eigenvalue weighted by Crippen LogP contribution is 2.11. The maximum absolute atomic E-state index is 12.9. The Labute approximate surface area is 496 Å². The van der Waals surface area contributed by atoms with Crippen molar-refractivity contribution in [1.82, 2.24) is 0 Å². The monoisotopic (exact) mass is 1110 g/mol. The van der Waals surface area contributed by atoms with Gasteiger partial charge in [-0.15, -0.1) is 0 Å². The lowest BCUT2D eigenvalue weighted by atomic mass is 10.1. The largest absolute Gasteiger partial charge is 0.462 e. The zero-order valence-corrected chi connectivity index (χ0v) is 51.2. The summed E-state index contributed by atoms with van der Waals surface area (Å²) in [7, 11) is 0. The first kappa shape index (κ1) is 75.0. The Bertz CT molecular complexity index is 2000. The van der Waals surface area contributed by atoms with Gasteiger partial charge < -0.3 is 14.2 Å². The van der Waals surface area contributed by atoms with Crippen LogP contribution in [0.4, 0.5) is 0 Å². The highest BCUT2D eigenvalue weighted by molar-refractivity contribution is 5.71. The lowest BCUT2D eigenvalue weighted by molar-refractivity contribution is -0.167. The molecule has 0 aliphatic rings. The van der Waals surface area contributed by atoms with E-state index in [9.17, 15) is 14.4 Å². The fourth-order valence-corrected chi connectivity index (χ4v) is 7.60. The fraction of sp³-hybridized carbons (Fsp3) is 0.507. The van der Waals surface area contributed by atoms with E-state index in [0.717, 1.165) is 167 Å². The molecule has 1 unspecified atom stereocenters. The van der Waals surface area contributed by atoms with Gasteiger partial charge in [0.15, 0.2) is 6.10 Å². The van der Waals surface area contributed by atoms with Gasteiger partial charge >= 0.3 is 17.9 Å². The van der Waals surface area contributed by atoms with Crippen LogP contribution >= 0.6 is 0 Å². The van der Waals surface area contributed by atoms with Crippen LogP contribution in [-0.4, -0.2) is 37.2 Å². The number of hydrogen-bond acceptors (Lipinski definition) is 6. The third-order valence-electron chi connectivity index (χ3n) is 12.2. The molecule has 1 atom stereocenters. The molecule has 0 saturated carbocycles.